The normalized spacial score (nSPS) is 13.2. The van der Waals surface area contributed by atoms with Crippen molar-refractivity contribution in [3.63, 3.8) is 0 Å². The summed E-state index contributed by atoms with van der Waals surface area (Å²) in [5, 5.41) is 10.7. The van der Waals surface area contributed by atoms with Crippen LogP contribution < -0.4 is 4.74 Å². The fourth-order valence-corrected chi connectivity index (χ4v) is 1.72. The summed E-state index contributed by atoms with van der Waals surface area (Å²) in [5.74, 6) is -0.0143. The lowest BCUT2D eigenvalue weighted by atomic mass is 10.1. The van der Waals surface area contributed by atoms with E-state index < -0.39 is 20.3 Å². The van der Waals surface area contributed by atoms with Crippen LogP contribution in [0.5, 0.6) is 5.75 Å². The smallest absolute Gasteiger partial charge is 0.311 e. The van der Waals surface area contributed by atoms with Crippen LogP contribution in [0.1, 0.15) is 11.7 Å². The van der Waals surface area contributed by atoms with Gasteiger partial charge in [0.2, 0.25) is 0 Å². The Labute approximate surface area is 112 Å². The van der Waals surface area contributed by atoms with Gasteiger partial charge in [-0.25, -0.2) is 8.78 Å². The molecule has 1 aromatic rings. The summed E-state index contributed by atoms with van der Waals surface area (Å²) in [6, 6.07) is 3.36. The van der Waals surface area contributed by atoms with Crippen molar-refractivity contribution in [2.45, 2.75) is 9.66 Å². The molecule has 0 amide bonds. The van der Waals surface area contributed by atoms with Crippen LogP contribution in [0.2, 0.25) is 0 Å². The van der Waals surface area contributed by atoms with Gasteiger partial charge in [-0.1, -0.05) is 6.07 Å². The minimum atomic E-state index is -2.47. The third-order valence-corrected chi connectivity index (χ3v) is 2.78. The van der Waals surface area contributed by atoms with Gasteiger partial charge >= 0.3 is 5.69 Å². The third-order valence-electron chi connectivity index (χ3n) is 1.98. The monoisotopic (exact) mass is 373 g/mol. The number of methoxy groups -OCH3 is 1. The molecule has 0 unspecified atom stereocenters. The average molecular weight is 375 g/mol. The molecule has 1 atom stereocenters. The fourth-order valence-electron chi connectivity index (χ4n) is 1.20. The molecule has 0 bridgehead atoms. The van der Waals surface area contributed by atoms with Crippen molar-refractivity contribution in [1.29, 1.82) is 0 Å². The van der Waals surface area contributed by atoms with Crippen LogP contribution in [0.15, 0.2) is 18.2 Å². The van der Waals surface area contributed by atoms with Crippen LogP contribution in [-0.2, 0) is 0 Å². The zero-order valence-corrected chi connectivity index (χ0v) is 11.7. The number of halogens is 4. The molecule has 0 fully saturated rings. The van der Waals surface area contributed by atoms with E-state index in [1.54, 1.807) is 0 Å². The van der Waals surface area contributed by atoms with E-state index in [9.17, 15) is 18.9 Å². The molecule has 0 aliphatic heterocycles. The van der Waals surface area contributed by atoms with Crippen molar-refractivity contribution in [3.05, 3.63) is 33.9 Å². The van der Waals surface area contributed by atoms with Crippen LogP contribution >= 0.6 is 31.9 Å². The van der Waals surface area contributed by atoms with Gasteiger partial charge in [-0.2, -0.15) is 0 Å². The van der Waals surface area contributed by atoms with E-state index in [1.807, 2.05) is 0 Å². The van der Waals surface area contributed by atoms with Gasteiger partial charge in [0.25, 0.3) is 3.49 Å². The molecule has 0 saturated heterocycles. The second kappa shape index (κ2) is 5.26. The highest BCUT2D eigenvalue weighted by Crippen LogP contribution is 2.44. The molecule has 0 spiro atoms. The van der Waals surface area contributed by atoms with E-state index in [1.165, 1.54) is 19.2 Å². The Bertz CT molecular complexity index is 437. The van der Waals surface area contributed by atoms with Gasteiger partial charge in [0.1, 0.15) is 0 Å². The number of nitro groups is 1. The number of nitrogens with zero attached hydrogens (tertiary/aromatic N) is 1. The van der Waals surface area contributed by atoms with Crippen LogP contribution in [0.3, 0.4) is 0 Å². The van der Waals surface area contributed by atoms with E-state index in [-0.39, 0.29) is 11.3 Å². The first-order chi connectivity index (χ1) is 7.77. The SMILES string of the molecule is COc1ccc([C@@H](F)C(F)(Br)Br)cc1[N+](=O)[O-]. The molecule has 1 rings (SSSR count). The van der Waals surface area contributed by atoms with Gasteiger partial charge in [-0.05, 0) is 43.5 Å². The highest BCUT2D eigenvalue weighted by molar-refractivity contribution is 9.25. The molecule has 1 aromatic carbocycles. The Hall–Kier alpha value is -0.760. The number of ether oxygens (including phenoxy) is 1. The summed E-state index contributed by atoms with van der Waals surface area (Å²) in [4.78, 5) is 9.97. The number of rotatable bonds is 4. The van der Waals surface area contributed by atoms with E-state index in [4.69, 9.17) is 4.74 Å². The lowest BCUT2D eigenvalue weighted by Crippen LogP contribution is -2.12. The second-order valence-electron chi connectivity index (χ2n) is 3.09. The van der Waals surface area contributed by atoms with Crippen LogP contribution in [0.4, 0.5) is 14.5 Å². The average Bonchev–Trinajstić information content (AvgIpc) is 2.25. The molecule has 0 saturated carbocycles. The topological polar surface area (TPSA) is 52.4 Å². The summed E-state index contributed by atoms with van der Waals surface area (Å²) in [6.07, 6.45) is -2.09. The minimum Gasteiger partial charge on any atom is -0.490 e. The fraction of sp³-hybridized carbons (Fsp3) is 0.333. The van der Waals surface area contributed by atoms with Crippen molar-refractivity contribution in [3.8, 4) is 5.75 Å². The molecule has 4 nitrogen and oxygen atoms in total. The van der Waals surface area contributed by atoms with E-state index in [2.05, 4.69) is 31.9 Å². The summed E-state index contributed by atoms with van der Waals surface area (Å²) >= 11 is 4.90. The molecule has 0 heterocycles. The van der Waals surface area contributed by atoms with Gasteiger partial charge in [-0.15, -0.1) is 0 Å². The van der Waals surface area contributed by atoms with E-state index >= 15 is 0 Å². The molecule has 0 aromatic heterocycles. The number of nitro benzene ring substituents is 1. The molecule has 17 heavy (non-hydrogen) atoms. The Balaban J connectivity index is 3.21. The van der Waals surface area contributed by atoms with Crippen LogP contribution in [-0.4, -0.2) is 15.5 Å². The van der Waals surface area contributed by atoms with Gasteiger partial charge in [0, 0.05) is 6.07 Å². The Morgan fingerprint density at radius 1 is 1.53 bits per heavy atom. The van der Waals surface area contributed by atoms with Crippen molar-refractivity contribution in [2.75, 3.05) is 7.11 Å². The molecular weight excluding hydrogens is 368 g/mol. The maximum Gasteiger partial charge on any atom is 0.311 e. The standard InChI is InChI=1S/C9H7Br2F2NO3/c1-17-7-3-2-5(4-6(7)14(15)16)8(12)9(10,11)13/h2-4,8H,1H3/t8-/m1/s1. The largest absolute Gasteiger partial charge is 0.490 e. The number of benzene rings is 1. The van der Waals surface area contributed by atoms with Crippen molar-refractivity contribution in [2.24, 2.45) is 0 Å². The summed E-state index contributed by atoms with van der Waals surface area (Å²) in [5.41, 5.74) is -0.592. The first-order valence-electron chi connectivity index (χ1n) is 4.30. The number of hydrogen-bond acceptors (Lipinski definition) is 3. The lowest BCUT2D eigenvalue weighted by Gasteiger charge is -2.16. The predicted molar refractivity (Wildman–Crippen MR) is 65.2 cm³/mol. The maximum absolute atomic E-state index is 13.6. The van der Waals surface area contributed by atoms with Gasteiger partial charge in [-0.3, -0.25) is 10.1 Å². The zero-order valence-electron chi connectivity index (χ0n) is 8.49. The van der Waals surface area contributed by atoms with Crippen LogP contribution in [0.25, 0.3) is 0 Å². The van der Waals surface area contributed by atoms with Crippen molar-refractivity contribution in [1.82, 2.24) is 0 Å². The Morgan fingerprint density at radius 3 is 2.53 bits per heavy atom. The van der Waals surface area contributed by atoms with E-state index in [0.29, 0.717) is 0 Å². The Kier molecular flexibility index (Phi) is 4.42. The van der Waals surface area contributed by atoms with Crippen molar-refractivity contribution >= 4 is 37.5 Å². The second-order valence-corrected chi connectivity index (χ2v) is 6.46. The first kappa shape index (κ1) is 14.3. The molecule has 0 aliphatic rings. The van der Waals surface area contributed by atoms with Crippen molar-refractivity contribution < 1.29 is 18.4 Å². The maximum atomic E-state index is 13.6. The first-order valence-corrected chi connectivity index (χ1v) is 5.89. The Morgan fingerprint density at radius 2 is 2.12 bits per heavy atom. The molecule has 8 heteroatoms. The molecule has 94 valence electrons. The van der Waals surface area contributed by atoms with Gasteiger partial charge < -0.3 is 4.74 Å². The number of alkyl halides is 4. The third kappa shape index (κ3) is 3.35. The van der Waals surface area contributed by atoms with Gasteiger partial charge in [0.05, 0.1) is 12.0 Å². The number of hydrogen-bond donors (Lipinski definition) is 0. The molecule has 0 N–H and O–H groups in total. The molecule has 0 radical (unpaired) electrons. The summed E-state index contributed by atoms with van der Waals surface area (Å²) in [6.45, 7) is 0. The summed E-state index contributed by atoms with van der Waals surface area (Å²) in [7, 11) is 1.25. The highest BCUT2D eigenvalue weighted by Gasteiger charge is 2.36. The highest BCUT2D eigenvalue weighted by atomic mass is 79.9. The molecular formula is C9H7Br2F2NO3. The lowest BCUT2D eigenvalue weighted by molar-refractivity contribution is -0.385. The van der Waals surface area contributed by atoms with E-state index in [0.717, 1.165) is 6.07 Å². The van der Waals surface area contributed by atoms with Gasteiger partial charge in [0.15, 0.2) is 11.9 Å². The minimum absolute atomic E-state index is 0.0143. The summed E-state index contributed by atoms with van der Waals surface area (Å²) < 4.78 is 29.1. The molecule has 0 aliphatic carbocycles. The van der Waals surface area contributed by atoms with Crippen LogP contribution in [0, 0.1) is 10.1 Å². The zero-order chi connectivity index (χ0) is 13.2. The predicted octanol–water partition coefficient (Wildman–Crippen LogP) is 4.03. The quantitative estimate of drug-likeness (QED) is 0.454.